The van der Waals surface area contributed by atoms with Crippen molar-refractivity contribution < 1.29 is 9.90 Å². The van der Waals surface area contributed by atoms with Crippen LogP contribution in [0.4, 0.5) is 5.95 Å². The smallest absolute Gasteiger partial charge is 0.225 e. The maximum Gasteiger partial charge on any atom is 0.225 e. The number of carbonyl (C=O) groups excluding carboxylic acids is 1. The summed E-state index contributed by atoms with van der Waals surface area (Å²) >= 11 is 6.12. The van der Waals surface area contributed by atoms with Crippen LogP contribution in [0.2, 0.25) is 5.02 Å². The molecular weight excluding hydrogens is 402 g/mol. The fourth-order valence-corrected chi connectivity index (χ4v) is 4.22. The molecule has 0 amide bonds. The van der Waals surface area contributed by atoms with E-state index in [0.717, 1.165) is 49.6 Å². The van der Waals surface area contributed by atoms with Gasteiger partial charge in [-0.25, -0.2) is 9.97 Å². The number of Topliss-reactive ketones (excluding diaryl/α,β-unsaturated/α-hetero) is 1. The second-order valence-corrected chi connectivity index (χ2v) is 8.28. The number of nitrogens with one attached hydrogen (secondary N) is 1. The van der Waals surface area contributed by atoms with Crippen molar-refractivity contribution in [1.82, 2.24) is 19.9 Å². The Hall–Kier alpha value is -2.48. The number of fused-ring (bicyclic) bond motifs is 1. The lowest BCUT2D eigenvalue weighted by molar-refractivity contribution is 0.0903. The van der Waals surface area contributed by atoms with Gasteiger partial charge < -0.3 is 19.9 Å². The van der Waals surface area contributed by atoms with E-state index in [1.807, 2.05) is 19.2 Å². The first kappa shape index (κ1) is 20.8. The van der Waals surface area contributed by atoms with E-state index in [0.29, 0.717) is 17.4 Å². The Balaban J connectivity index is 1.27. The van der Waals surface area contributed by atoms with Gasteiger partial charge in [-0.15, -0.1) is 0 Å². The SMILES string of the molecule is Cn1cc(CNCC2CCN(c3ncc(C(=O)CO)cn3)CC2)c2ccc(Cl)cc21. The van der Waals surface area contributed by atoms with E-state index in [-0.39, 0.29) is 5.78 Å². The highest BCUT2D eigenvalue weighted by Gasteiger charge is 2.21. The Morgan fingerprint density at radius 3 is 2.70 bits per heavy atom. The molecule has 8 heteroatoms. The molecule has 4 rings (SSSR count). The normalized spacial score (nSPS) is 15.1. The molecular formula is C22H26ClN5O2. The van der Waals surface area contributed by atoms with E-state index >= 15 is 0 Å². The van der Waals surface area contributed by atoms with Gasteiger partial charge in [-0.3, -0.25) is 4.79 Å². The number of hydrogen-bond acceptors (Lipinski definition) is 6. The lowest BCUT2D eigenvalue weighted by Crippen LogP contribution is -2.38. The van der Waals surface area contributed by atoms with Gasteiger partial charge in [-0.05, 0) is 43.0 Å². The van der Waals surface area contributed by atoms with Gasteiger partial charge in [0.25, 0.3) is 0 Å². The predicted octanol–water partition coefficient (Wildman–Crippen LogP) is 2.80. The maximum absolute atomic E-state index is 11.5. The first-order valence-corrected chi connectivity index (χ1v) is 10.6. The molecule has 7 nitrogen and oxygen atoms in total. The average molecular weight is 428 g/mol. The van der Waals surface area contributed by atoms with Crippen molar-refractivity contribution in [3.8, 4) is 0 Å². The summed E-state index contributed by atoms with van der Waals surface area (Å²) in [7, 11) is 2.05. The van der Waals surface area contributed by atoms with Crippen LogP contribution in [0.15, 0.2) is 36.8 Å². The van der Waals surface area contributed by atoms with E-state index in [9.17, 15) is 4.79 Å². The first-order chi connectivity index (χ1) is 14.5. The molecule has 2 N–H and O–H groups in total. The van der Waals surface area contributed by atoms with Crippen molar-refractivity contribution in [2.24, 2.45) is 13.0 Å². The van der Waals surface area contributed by atoms with Gasteiger partial charge in [0.05, 0.1) is 5.56 Å². The topological polar surface area (TPSA) is 83.3 Å². The van der Waals surface area contributed by atoms with Crippen LogP contribution in [-0.2, 0) is 13.6 Å². The molecule has 0 spiro atoms. The largest absolute Gasteiger partial charge is 0.388 e. The van der Waals surface area contributed by atoms with Gasteiger partial charge in [0.15, 0.2) is 5.78 Å². The first-order valence-electron chi connectivity index (χ1n) is 10.2. The summed E-state index contributed by atoms with van der Waals surface area (Å²) in [6.45, 7) is 3.08. The van der Waals surface area contributed by atoms with Crippen LogP contribution in [0.3, 0.4) is 0 Å². The Labute approximate surface area is 180 Å². The Morgan fingerprint density at radius 1 is 1.27 bits per heavy atom. The summed E-state index contributed by atoms with van der Waals surface area (Å²) in [6.07, 6.45) is 7.29. The lowest BCUT2D eigenvalue weighted by atomic mass is 9.97. The fourth-order valence-electron chi connectivity index (χ4n) is 4.05. The maximum atomic E-state index is 11.5. The molecule has 1 fully saturated rings. The third kappa shape index (κ3) is 4.48. The number of aliphatic hydroxyl groups excluding tert-OH is 1. The highest BCUT2D eigenvalue weighted by atomic mass is 35.5. The zero-order valence-electron chi connectivity index (χ0n) is 17.0. The number of nitrogens with zero attached hydrogens (tertiary/aromatic N) is 4. The molecule has 2 aromatic heterocycles. The second kappa shape index (κ2) is 9.12. The molecule has 0 bridgehead atoms. The van der Waals surface area contributed by atoms with Crippen LogP contribution < -0.4 is 10.2 Å². The van der Waals surface area contributed by atoms with Crippen molar-refractivity contribution in [2.75, 3.05) is 31.1 Å². The summed E-state index contributed by atoms with van der Waals surface area (Å²) < 4.78 is 2.12. The van der Waals surface area contributed by atoms with Crippen LogP contribution in [-0.4, -0.2) is 51.7 Å². The summed E-state index contributed by atoms with van der Waals surface area (Å²) in [5.41, 5.74) is 2.78. The summed E-state index contributed by atoms with van der Waals surface area (Å²) in [5, 5.41) is 14.5. The Kier molecular flexibility index (Phi) is 6.32. The number of carbonyl (C=O) groups is 1. The molecule has 1 saturated heterocycles. The van der Waals surface area contributed by atoms with E-state index in [4.69, 9.17) is 16.7 Å². The number of halogens is 1. The standard InChI is InChI=1S/C22H26ClN5O2/c1-27-13-17(19-3-2-18(23)8-20(19)27)10-24-9-15-4-6-28(7-5-15)22-25-11-16(12-26-22)21(30)14-29/h2-3,8,11-13,15,24,29H,4-7,9-10,14H2,1H3. The number of rotatable bonds is 7. The van der Waals surface area contributed by atoms with Gasteiger partial charge in [-0.2, -0.15) is 0 Å². The molecule has 0 unspecified atom stereocenters. The zero-order chi connectivity index (χ0) is 21.1. The number of aromatic nitrogens is 3. The summed E-state index contributed by atoms with van der Waals surface area (Å²) in [6, 6.07) is 6.04. The predicted molar refractivity (Wildman–Crippen MR) is 118 cm³/mol. The van der Waals surface area contributed by atoms with E-state index in [1.54, 1.807) is 0 Å². The Bertz CT molecular complexity index is 1030. The molecule has 158 valence electrons. The molecule has 3 aromatic rings. The van der Waals surface area contributed by atoms with Crippen molar-refractivity contribution in [3.05, 3.63) is 52.9 Å². The average Bonchev–Trinajstić information content (AvgIpc) is 3.08. The third-order valence-corrected chi connectivity index (χ3v) is 6.02. The van der Waals surface area contributed by atoms with Crippen molar-refractivity contribution >= 4 is 34.2 Å². The van der Waals surface area contributed by atoms with Crippen LogP contribution >= 0.6 is 11.6 Å². The van der Waals surface area contributed by atoms with Gasteiger partial charge in [0.2, 0.25) is 5.95 Å². The Morgan fingerprint density at radius 2 is 2.00 bits per heavy atom. The fraction of sp³-hybridized carbons (Fsp3) is 0.409. The molecule has 1 aromatic carbocycles. The minimum atomic E-state index is -0.520. The van der Waals surface area contributed by atoms with Gasteiger partial charge >= 0.3 is 0 Å². The van der Waals surface area contributed by atoms with E-state index < -0.39 is 6.61 Å². The quantitative estimate of drug-likeness (QED) is 0.564. The van der Waals surface area contributed by atoms with Gasteiger partial charge in [0, 0.05) is 61.2 Å². The van der Waals surface area contributed by atoms with E-state index in [1.165, 1.54) is 23.3 Å². The summed E-state index contributed by atoms with van der Waals surface area (Å²) in [4.78, 5) is 22.2. The molecule has 0 radical (unpaired) electrons. The number of benzene rings is 1. The molecule has 0 aliphatic carbocycles. The van der Waals surface area contributed by atoms with Crippen molar-refractivity contribution in [2.45, 2.75) is 19.4 Å². The molecule has 1 aliphatic heterocycles. The summed E-state index contributed by atoms with van der Waals surface area (Å²) in [5.74, 6) is 0.895. The minimum absolute atomic E-state index is 0.344. The van der Waals surface area contributed by atoms with Gasteiger partial charge in [0.1, 0.15) is 6.61 Å². The minimum Gasteiger partial charge on any atom is -0.388 e. The van der Waals surface area contributed by atoms with Crippen LogP contribution in [0.5, 0.6) is 0 Å². The number of anilines is 1. The highest BCUT2D eigenvalue weighted by Crippen LogP contribution is 2.24. The number of hydrogen-bond donors (Lipinski definition) is 2. The van der Waals surface area contributed by atoms with Crippen molar-refractivity contribution in [1.29, 1.82) is 0 Å². The molecule has 1 aliphatic rings. The van der Waals surface area contributed by atoms with Crippen LogP contribution in [0, 0.1) is 5.92 Å². The zero-order valence-corrected chi connectivity index (χ0v) is 17.8. The number of aliphatic hydroxyl groups is 1. The lowest BCUT2D eigenvalue weighted by Gasteiger charge is -2.32. The van der Waals surface area contributed by atoms with E-state index in [2.05, 4.69) is 37.0 Å². The number of piperidine rings is 1. The molecule has 0 saturated carbocycles. The van der Waals surface area contributed by atoms with Crippen molar-refractivity contribution in [3.63, 3.8) is 0 Å². The highest BCUT2D eigenvalue weighted by molar-refractivity contribution is 6.31. The molecule has 3 heterocycles. The second-order valence-electron chi connectivity index (χ2n) is 7.84. The van der Waals surface area contributed by atoms with Crippen LogP contribution in [0.1, 0.15) is 28.8 Å². The third-order valence-electron chi connectivity index (χ3n) is 5.78. The number of ketones is 1. The number of aryl methyl sites for hydroxylation is 1. The monoisotopic (exact) mass is 427 g/mol. The molecule has 30 heavy (non-hydrogen) atoms. The van der Waals surface area contributed by atoms with Gasteiger partial charge in [-0.1, -0.05) is 17.7 Å². The van der Waals surface area contributed by atoms with Crippen LogP contribution in [0.25, 0.3) is 10.9 Å². The molecule has 0 atom stereocenters.